The van der Waals surface area contributed by atoms with Gasteiger partial charge in [-0.25, -0.2) is 0 Å². The summed E-state index contributed by atoms with van der Waals surface area (Å²) in [7, 11) is 0. The molecule has 2 aliphatic heterocycles. The lowest BCUT2D eigenvalue weighted by Gasteiger charge is -2.36. The number of nitrogens with one attached hydrogen (secondary N) is 1. The minimum atomic E-state index is -1.11. The smallest absolute Gasteiger partial charge is 0.217 e. The van der Waals surface area contributed by atoms with Crippen LogP contribution >= 0.6 is 23.5 Å². The summed E-state index contributed by atoms with van der Waals surface area (Å²) in [6.07, 6.45) is -1.69. The lowest BCUT2D eigenvalue weighted by molar-refractivity contribution is -0.162. The van der Waals surface area contributed by atoms with Crippen LogP contribution < -0.4 is 5.32 Å². The van der Waals surface area contributed by atoms with Gasteiger partial charge in [-0.05, 0) is 31.8 Å². The summed E-state index contributed by atoms with van der Waals surface area (Å²) in [4.78, 5) is 11.5. The van der Waals surface area contributed by atoms with Gasteiger partial charge in [-0.3, -0.25) is 4.79 Å². The van der Waals surface area contributed by atoms with Gasteiger partial charge in [-0.1, -0.05) is 0 Å². The average Bonchev–Trinajstić information content (AvgIpc) is 2.84. The van der Waals surface area contributed by atoms with Crippen molar-refractivity contribution >= 4 is 29.4 Å². The minimum Gasteiger partial charge on any atom is -0.388 e. The number of hydrogen-bond acceptors (Lipinski definition) is 7. The maximum atomic E-state index is 11.5. The van der Waals surface area contributed by atoms with E-state index in [2.05, 4.69) is 5.32 Å². The monoisotopic (exact) mass is 351 g/mol. The van der Waals surface area contributed by atoms with Crippen molar-refractivity contribution in [2.45, 2.75) is 61.9 Å². The van der Waals surface area contributed by atoms with E-state index in [0.717, 1.165) is 17.9 Å². The Morgan fingerprint density at radius 3 is 2.45 bits per heavy atom. The van der Waals surface area contributed by atoms with Crippen LogP contribution in [-0.4, -0.2) is 69.0 Å². The molecule has 0 saturated carbocycles. The third kappa shape index (κ3) is 4.75. The first-order valence-corrected chi connectivity index (χ1v) is 9.58. The van der Waals surface area contributed by atoms with E-state index in [1.54, 1.807) is 37.4 Å². The molecule has 22 heavy (non-hydrogen) atoms. The summed E-state index contributed by atoms with van der Waals surface area (Å²) < 4.78 is 11.1. The van der Waals surface area contributed by atoms with E-state index in [1.165, 1.54) is 6.92 Å². The second kappa shape index (κ2) is 7.72. The van der Waals surface area contributed by atoms with Crippen LogP contribution in [0.4, 0.5) is 0 Å². The first kappa shape index (κ1) is 18.4. The van der Waals surface area contributed by atoms with Gasteiger partial charge in [0.05, 0.1) is 17.2 Å². The summed E-state index contributed by atoms with van der Waals surface area (Å²) in [5.74, 6) is 1.01. The molecule has 0 spiro atoms. The highest BCUT2D eigenvalue weighted by Crippen LogP contribution is 2.35. The zero-order valence-corrected chi connectivity index (χ0v) is 14.8. The molecule has 2 fully saturated rings. The fourth-order valence-electron chi connectivity index (χ4n) is 2.58. The molecule has 1 amide bonds. The number of aliphatic hydroxyl groups excluding tert-OH is 2. The second-order valence-corrected chi connectivity index (χ2v) is 8.84. The van der Waals surface area contributed by atoms with E-state index >= 15 is 0 Å². The molecule has 2 heterocycles. The molecule has 4 atom stereocenters. The van der Waals surface area contributed by atoms with Crippen LogP contribution in [0.25, 0.3) is 0 Å². The van der Waals surface area contributed by atoms with Gasteiger partial charge in [0.25, 0.3) is 0 Å². The molecule has 0 aromatic rings. The zero-order chi connectivity index (χ0) is 16.3. The third-order valence-electron chi connectivity index (χ3n) is 3.65. The Hall–Kier alpha value is 0.01000. The first-order valence-electron chi connectivity index (χ1n) is 7.48. The molecule has 2 aliphatic rings. The van der Waals surface area contributed by atoms with Crippen molar-refractivity contribution in [3.63, 3.8) is 0 Å². The first-order chi connectivity index (χ1) is 10.3. The number of ether oxygens (including phenoxy) is 2. The van der Waals surface area contributed by atoms with E-state index in [4.69, 9.17) is 9.47 Å². The maximum absolute atomic E-state index is 11.5. The molecule has 8 heteroatoms. The molecule has 0 bridgehead atoms. The Morgan fingerprint density at radius 2 is 1.95 bits per heavy atom. The van der Waals surface area contributed by atoms with Crippen molar-refractivity contribution < 1.29 is 24.5 Å². The Kier molecular flexibility index (Phi) is 6.44. The number of rotatable bonds is 5. The summed E-state index contributed by atoms with van der Waals surface area (Å²) in [5.41, 5.74) is 0. The molecule has 3 N–H and O–H groups in total. The Bertz CT molecular complexity index is 389. The Labute approximate surface area is 139 Å². The van der Waals surface area contributed by atoms with E-state index in [-0.39, 0.29) is 17.1 Å². The van der Waals surface area contributed by atoms with Gasteiger partial charge in [-0.2, -0.15) is 0 Å². The molecule has 128 valence electrons. The molecule has 6 nitrogen and oxygen atoms in total. The molecule has 0 aromatic carbocycles. The van der Waals surface area contributed by atoms with E-state index in [0.29, 0.717) is 0 Å². The van der Waals surface area contributed by atoms with Crippen molar-refractivity contribution in [1.82, 2.24) is 5.32 Å². The highest BCUT2D eigenvalue weighted by molar-refractivity contribution is 8.17. The molecule has 0 aromatic heterocycles. The summed E-state index contributed by atoms with van der Waals surface area (Å²) in [6, 6.07) is -0.518. The third-order valence-corrected chi connectivity index (χ3v) is 6.75. The molecule has 2 saturated heterocycles. The predicted octanol–water partition coefficient (Wildman–Crippen LogP) is 0.561. The van der Waals surface area contributed by atoms with Crippen LogP contribution in [0.5, 0.6) is 0 Å². The quantitative estimate of drug-likeness (QED) is 0.667. The fourth-order valence-corrected chi connectivity index (χ4v) is 5.68. The molecule has 0 aliphatic carbocycles. The minimum absolute atomic E-state index is 0.0256. The zero-order valence-electron chi connectivity index (χ0n) is 13.2. The van der Waals surface area contributed by atoms with Crippen LogP contribution in [0.15, 0.2) is 0 Å². The number of amides is 1. The van der Waals surface area contributed by atoms with E-state index < -0.39 is 30.1 Å². The topological polar surface area (TPSA) is 88.0 Å². The van der Waals surface area contributed by atoms with Gasteiger partial charge in [0, 0.05) is 6.92 Å². The highest BCUT2D eigenvalue weighted by atomic mass is 32.2. The Balaban J connectivity index is 2.03. The predicted molar refractivity (Wildman–Crippen MR) is 87.8 cm³/mol. The number of thioether (sulfide) groups is 2. The van der Waals surface area contributed by atoms with Crippen molar-refractivity contribution in [2.24, 2.45) is 0 Å². The lowest BCUT2D eigenvalue weighted by atomic mass is 10.0. The van der Waals surface area contributed by atoms with Gasteiger partial charge in [-0.15, -0.1) is 23.5 Å². The normalized spacial score (nSPS) is 29.8. The van der Waals surface area contributed by atoms with Gasteiger partial charge in [0.1, 0.15) is 18.3 Å². The van der Waals surface area contributed by atoms with E-state index in [9.17, 15) is 15.0 Å². The fraction of sp³-hybridized carbons (Fsp3) is 0.929. The van der Waals surface area contributed by atoms with Gasteiger partial charge >= 0.3 is 0 Å². The van der Waals surface area contributed by atoms with Crippen LogP contribution in [0.2, 0.25) is 0 Å². The largest absolute Gasteiger partial charge is 0.388 e. The highest BCUT2D eigenvalue weighted by Gasteiger charge is 2.43. The van der Waals surface area contributed by atoms with Crippen LogP contribution in [0.1, 0.15) is 27.2 Å². The number of hydrogen-bond donors (Lipinski definition) is 3. The summed E-state index contributed by atoms with van der Waals surface area (Å²) >= 11 is 3.41. The van der Waals surface area contributed by atoms with Crippen molar-refractivity contribution in [2.75, 3.05) is 18.1 Å². The van der Waals surface area contributed by atoms with Gasteiger partial charge in [0.2, 0.25) is 5.91 Å². The van der Waals surface area contributed by atoms with Crippen LogP contribution in [-0.2, 0) is 14.3 Å². The van der Waals surface area contributed by atoms with Crippen molar-refractivity contribution in [3.05, 3.63) is 0 Å². The van der Waals surface area contributed by atoms with Gasteiger partial charge in [0.15, 0.2) is 5.79 Å². The number of aliphatic hydroxyl groups is 2. The molecule has 2 rings (SSSR count). The van der Waals surface area contributed by atoms with Crippen molar-refractivity contribution in [1.29, 1.82) is 0 Å². The van der Waals surface area contributed by atoms with Gasteiger partial charge < -0.3 is 25.0 Å². The Morgan fingerprint density at radius 1 is 1.32 bits per heavy atom. The van der Waals surface area contributed by atoms with Crippen molar-refractivity contribution in [3.8, 4) is 0 Å². The van der Waals surface area contributed by atoms with E-state index in [1.807, 2.05) is 0 Å². The van der Waals surface area contributed by atoms with Crippen LogP contribution in [0, 0.1) is 0 Å². The lowest BCUT2D eigenvalue weighted by Crippen LogP contribution is -2.56. The molecular weight excluding hydrogens is 326 g/mol. The standard InChI is InChI=1S/C14H25NO5S2/c1-8(16)15-10(13-21-5-4-6-22-13)12(18)11(17)9-7-19-14(2,3)20-9/h9-13,17-18H,4-7H2,1-3H3,(H,15,16)/t9-,10-,11-,12-/m1/s1. The number of carbonyl (C=O) groups is 1. The molecule has 0 radical (unpaired) electrons. The molecule has 0 unspecified atom stereocenters. The maximum Gasteiger partial charge on any atom is 0.217 e. The second-order valence-electron chi connectivity index (χ2n) is 6.04. The summed E-state index contributed by atoms with van der Waals surface area (Å²) in [6.45, 7) is 5.18. The number of carbonyl (C=O) groups excluding carboxylic acids is 1. The van der Waals surface area contributed by atoms with Crippen LogP contribution in [0.3, 0.4) is 0 Å². The summed E-state index contributed by atoms with van der Waals surface area (Å²) in [5, 5.41) is 23.8. The SMILES string of the molecule is CC(=O)N[C@@H](C1SCCCS1)[C@@H](O)[C@H](O)[C@H]1COC(C)(C)O1. The molecular formula is C14H25NO5S2. The average molecular weight is 351 g/mol.